The molecule has 144 valence electrons. The van der Waals surface area contributed by atoms with Crippen LogP contribution in [-0.4, -0.2) is 0 Å². The highest BCUT2D eigenvalue weighted by Gasteiger charge is 2.08. The lowest BCUT2D eigenvalue weighted by Gasteiger charge is -2.17. The van der Waals surface area contributed by atoms with E-state index in [0.717, 1.165) is 0 Å². The Morgan fingerprint density at radius 2 is 0.920 bits per heavy atom. The smallest absolute Gasteiger partial charge is 0.0279 e. The summed E-state index contributed by atoms with van der Waals surface area (Å²) in [6.45, 7) is 7.07. The van der Waals surface area contributed by atoms with E-state index in [9.17, 15) is 0 Å². The highest BCUT2D eigenvalue weighted by Crippen LogP contribution is 2.22. The van der Waals surface area contributed by atoms with Crippen LogP contribution in [0.1, 0.15) is 116 Å². The summed E-state index contributed by atoms with van der Waals surface area (Å²) in [4.78, 5) is 0. The van der Waals surface area contributed by atoms with E-state index in [2.05, 4.69) is 51.1 Å². The largest absolute Gasteiger partial charge is 0.0622 e. The standard InChI is InChI=1S/C25H44/c1-25(2,3)23-19-14-12-10-8-6-4-5-7-9-11-13-16-20-24-21-17-15-18-22-24/h15,17-18,21-22H,4-14,16,19-20,23H2,1-3H3. The van der Waals surface area contributed by atoms with E-state index < -0.39 is 0 Å². The lowest BCUT2D eigenvalue weighted by molar-refractivity contribution is 0.356. The molecule has 0 aliphatic rings. The van der Waals surface area contributed by atoms with Gasteiger partial charge in [0.15, 0.2) is 0 Å². The van der Waals surface area contributed by atoms with Gasteiger partial charge in [-0.3, -0.25) is 0 Å². The fraction of sp³-hybridized carbons (Fsp3) is 0.760. The van der Waals surface area contributed by atoms with E-state index in [-0.39, 0.29) is 0 Å². The Labute approximate surface area is 158 Å². The molecule has 0 unspecified atom stereocenters. The van der Waals surface area contributed by atoms with Gasteiger partial charge in [-0.2, -0.15) is 0 Å². The van der Waals surface area contributed by atoms with Crippen molar-refractivity contribution in [3.05, 3.63) is 35.9 Å². The van der Waals surface area contributed by atoms with Crippen molar-refractivity contribution in [1.29, 1.82) is 0 Å². The van der Waals surface area contributed by atoms with Gasteiger partial charge in [0.2, 0.25) is 0 Å². The maximum absolute atomic E-state index is 2.36. The van der Waals surface area contributed by atoms with Crippen LogP contribution in [0.5, 0.6) is 0 Å². The number of hydrogen-bond donors (Lipinski definition) is 0. The van der Waals surface area contributed by atoms with Gasteiger partial charge in [0.1, 0.15) is 0 Å². The van der Waals surface area contributed by atoms with Crippen LogP contribution in [0.25, 0.3) is 0 Å². The molecule has 0 nitrogen and oxygen atoms in total. The summed E-state index contributed by atoms with van der Waals surface area (Å²) in [6, 6.07) is 10.9. The monoisotopic (exact) mass is 344 g/mol. The molecule has 0 aliphatic carbocycles. The number of aryl methyl sites for hydroxylation is 1. The molecule has 1 aromatic rings. The van der Waals surface area contributed by atoms with Gasteiger partial charge >= 0.3 is 0 Å². The number of hydrogen-bond acceptors (Lipinski definition) is 0. The lowest BCUT2D eigenvalue weighted by atomic mass is 9.89. The molecule has 0 heteroatoms. The van der Waals surface area contributed by atoms with Crippen molar-refractivity contribution < 1.29 is 0 Å². The molecule has 25 heavy (non-hydrogen) atoms. The summed E-state index contributed by atoms with van der Waals surface area (Å²) in [5, 5.41) is 0. The first-order valence-corrected chi connectivity index (χ1v) is 11.1. The fourth-order valence-corrected chi connectivity index (χ4v) is 3.57. The Kier molecular flexibility index (Phi) is 12.8. The van der Waals surface area contributed by atoms with Gasteiger partial charge in [-0.15, -0.1) is 0 Å². The molecule has 0 saturated carbocycles. The highest BCUT2D eigenvalue weighted by atomic mass is 14.1. The zero-order chi connectivity index (χ0) is 18.2. The number of rotatable bonds is 15. The third-order valence-electron chi connectivity index (χ3n) is 5.24. The Morgan fingerprint density at radius 1 is 0.520 bits per heavy atom. The van der Waals surface area contributed by atoms with Crippen molar-refractivity contribution in [2.75, 3.05) is 0 Å². The molecule has 0 bridgehead atoms. The molecular formula is C25H44. The van der Waals surface area contributed by atoms with E-state index in [1.807, 2.05) is 0 Å². The minimum Gasteiger partial charge on any atom is -0.0622 e. The zero-order valence-corrected chi connectivity index (χ0v) is 17.5. The van der Waals surface area contributed by atoms with Crippen LogP contribution in [-0.2, 0) is 6.42 Å². The van der Waals surface area contributed by atoms with Crippen molar-refractivity contribution in [1.82, 2.24) is 0 Å². The van der Waals surface area contributed by atoms with E-state index in [4.69, 9.17) is 0 Å². The normalized spacial score (nSPS) is 11.8. The molecule has 0 heterocycles. The van der Waals surface area contributed by atoms with Crippen LogP contribution < -0.4 is 0 Å². The number of benzene rings is 1. The quantitative estimate of drug-likeness (QED) is 0.279. The summed E-state index contributed by atoms with van der Waals surface area (Å²) in [7, 11) is 0. The zero-order valence-electron chi connectivity index (χ0n) is 17.5. The van der Waals surface area contributed by atoms with E-state index in [1.165, 1.54) is 102 Å². The minimum absolute atomic E-state index is 0.529. The molecule has 1 aromatic carbocycles. The van der Waals surface area contributed by atoms with Crippen LogP contribution in [0.2, 0.25) is 0 Å². The highest BCUT2D eigenvalue weighted by molar-refractivity contribution is 5.14. The van der Waals surface area contributed by atoms with E-state index in [0.29, 0.717) is 5.41 Å². The molecule has 0 N–H and O–H groups in total. The molecule has 0 aromatic heterocycles. The van der Waals surface area contributed by atoms with Gasteiger partial charge in [-0.25, -0.2) is 0 Å². The first kappa shape index (κ1) is 22.3. The van der Waals surface area contributed by atoms with Crippen LogP contribution >= 0.6 is 0 Å². The van der Waals surface area contributed by atoms with Crippen molar-refractivity contribution in [2.45, 2.75) is 117 Å². The Hall–Kier alpha value is -0.780. The predicted molar refractivity (Wildman–Crippen MR) is 114 cm³/mol. The first-order chi connectivity index (χ1) is 12.1. The first-order valence-electron chi connectivity index (χ1n) is 11.1. The van der Waals surface area contributed by atoms with E-state index >= 15 is 0 Å². The second kappa shape index (κ2) is 14.4. The van der Waals surface area contributed by atoms with Crippen LogP contribution in [0.3, 0.4) is 0 Å². The topological polar surface area (TPSA) is 0 Å². The molecule has 0 spiro atoms. The van der Waals surface area contributed by atoms with Crippen LogP contribution in [0, 0.1) is 5.41 Å². The summed E-state index contributed by atoms with van der Waals surface area (Å²) in [6.07, 6.45) is 21.4. The summed E-state index contributed by atoms with van der Waals surface area (Å²) in [5.74, 6) is 0. The van der Waals surface area contributed by atoms with Gasteiger partial charge in [-0.1, -0.05) is 128 Å². The Bertz CT molecular complexity index is 384. The summed E-state index contributed by atoms with van der Waals surface area (Å²) in [5.41, 5.74) is 2.03. The van der Waals surface area contributed by atoms with Crippen molar-refractivity contribution >= 4 is 0 Å². The SMILES string of the molecule is CC(C)(C)CCCCCCCCCCCCCCCc1ccccc1. The van der Waals surface area contributed by atoms with Crippen LogP contribution in [0.15, 0.2) is 30.3 Å². The molecule has 0 radical (unpaired) electrons. The fourth-order valence-electron chi connectivity index (χ4n) is 3.57. The van der Waals surface area contributed by atoms with Gasteiger partial charge < -0.3 is 0 Å². The Balaban J connectivity index is 1.73. The molecule has 0 aliphatic heterocycles. The minimum atomic E-state index is 0.529. The second-order valence-corrected chi connectivity index (χ2v) is 9.14. The summed E-state index contributed by atoms with van der Waals surface area (Å²) < 4.78 is 0. The molecule has 0 saturated heterocycles. The van der Waals surface area contributed by atoms with Crippen molar-refractivity contribution in [2.24, 2.45) is 5.41 Å². The lowest BCUT2D eigenvalue weighted by Crippen LogP contribution is -2.03. The third-order valence-corrected chi connectivity index (χ3v) is 5.24. The van der Waals surface area contributed by atoms with Crippen molar-refractivity contribution in [3.63, 3.8) is 0 Å². The molecular weight excluding hydrogens is 300 g/mol. The van der Waals surface area contributed by atoms with Gasteiger partial charge in [0.25, 0.3) is 0 Å². The van der Waals surface area contributed by atoms with Gasteiger partial charge in [-0.05, 0) is 30.2 Å². The molecule has 0 atom stereocenters. The van der Waals surface area contributed by atoms with Gasteiger partial charge in [0.05, 0.1) is 0 Å². The maximum atomic E-state index is 2.36. The molecule has 1 rings (SSSR count). The average molecular weight is 345 g/mol. The predicted octanol–water partition coefficient (Wildman–Crippen LogP) is 8.74. The van der Waals surface area contributed by atoms with Crippen LogP contribution in [0.4, 0.5) is 0 Å². The molecule has 0 amide bonds. The Morgan fingerprint density at radius 3 is 1.36 bits per heavy atom. The number of unbranched alkanes of at least 4 members (excludes halogenated alkanes) is 12. The molecule has 0 fully saturated rings. The van der Waals surface area contributed by atoms with Gasteiger partial charge in [0, 0.05) is 0 Å². The third kappa shape index (κ3) is 15.2. The summed E-state index contributed by atoms with van der Waals surface area (Å²) >= 11 is 0. The van der Waals surface area contributed by atoms with E-state index in [1.54, 1.807) is 0 Å². The average Bonchev–Trinajstić information content (AvgIpc) is 2.58. The maximum Gasteiger partial charge on any atom is -0.0279 e. The van der Waals surface area contributed by atoms with Crippen molar-refractivity contribution in [3.8, 4) is 0 Å². The second-order valence-electron chi connectivity index (χ2n) is 9.14.